The maximum absolute atomic E-state index is 12.7. The van der Waals surface area contributed by atoms with Gasteiger partial charge < -0.3 is 14.9 Å². The van der Waals surface area contributed by atoms with E-state index in [-0.39, 0.29) is 0 Å². The summed E-state index contributed by atoms with van der Waals surface area (Å²) in [5.74, 6) is 3.48. The first kappa shape index (κ1) is 57.0. The van der Waals surface area contributed by atoms with E-state index >= 15 is 0 Å². The maximum Gasteiger partial charge on any atom is 0.134 e. The Hall–Kier alpha value is -2.16. The Kier molecular flexibility index (Phi) is 33.4. The zero-order valence-corrected chi connectivity index (χ0v) is 43.6. The lowest BCUT2D eigenvalue weighted by molar-refractivity contribution is 0.420. The van der Waals surface area contributed by atoms with Crippen LogP contribution in [-0.2, 0) is 51.4 Å². The number of benzene rings is 2. The molecule has 0 fully saturated rings. The molecule has 0 saturated heterocycles. The van der Waals surface area contributed by atoms with E-state index in [0.29, 0.717) is 11.5 Å². The summed E-state index contributed by atoms with van der Waals surface area (Å²) in [7, 11) is 0. The molecule has 0 bridgehead atoms. The summed E-state index contributed by atoms with van der Waals surface area (Å²) in [4.78, 5) is 0. The van der Waals surface area contributed by atoms with E-state index in [2.05, 4.69) is 55.4 Å². The Morgan fingerprint density at radius 2 is 0.381 bits per heavy atom. The van der Waals surface area contributed by atoms with Crippen molar-refractivity contribution in [3.8, 4) is 23.0 Å². The van der Waals surface area contributed by atoms with Gasteiger partial charge in [0.15, 0.2) is 0 Å². The average Bonchev–Trinajstić information content (AvgIpc) is 3.28. The average molecular weight is 876 g/mol. The van der Waals surface area contributed by atoms with Crippen LogP contribution in [-0.4, -0.2) is 10.2 Å². The minimum absolute atomic E-state index is 0.616. The maximum atomic E-state index is 12.7. The Morgan fingerprint density at radius 3 is 0.540 bits per heavy atom. The number of hydrogen-bond acceptors (Lipinski definition) is 3. The normalized spacial score (nSPS) is 11.6. The topological polar surface area (TPSA) is 49.7 Å². The number of unbranched alkanes of at least 4 members (excludes halogenated alkanes) is 24. The van der Waals surface area contributed by atoms with Crippen molar-refractivity contribution < 1.29 is 14.9 Å². The van der Waals surface area contributed by atoms with Gasteiger partial charge in [-0.1, -0.05) is 209 Å². The van der Waals surface area contributed by atoms with Crippen molar-refractivity contribution in [3.05, 3.63) is 44.5 Å². The minimum Gasteiger partial charge on any atom is -0.507 e. The molecule has 2 rings (SSSR count). The fraction of sp³-hybridized carbons (Fsp3) is 0.800. The van der Waals surface area contributed by atoms with Gasteiger partial charge in [-0.2, -0.15) is 0 Å². The number of hydrogen-bond donors (Lipinski definition) is 2. The smallest absolute Gasteiger partial charge is 0.134 e. The van der Waals surface area contributed by atoms with Gasteiger partial charge >= 0.3 is 0 Å². The lowest BCUT2D eigenvalue weighted by atomic mass is 9.84. The summed E-state index contributed by atoms with van der Waals surface area (Å²) < 4.78 is 8.09. The highest BCUT2D eigenvalue weighted by Gasteiger charge is 2.29. The predicted molar refractivity (Wildman–Crippen MR) is 279 cm³/mol. The molecule has 0 aliphatic heterocycles. The molecule has 3 heteroatoms. The van der Waals surface area contributed by atoms with Gasteiger partial charge in [0.25, 0.3) is 0 Å². The van der Waals surface area contributed by atoms with Crippen LogP contribution in [0.3, 0.4) is 0 Å². The summed E-state index contributed by atoms with van der Waals surface area (Å²) in [6.07, 6.45) is 45.9. The second-order valence-corrected chi connectivity index (χ2v) is 19.8. The molecule has 364 valence electrons. The fourth-order valence-corrected chi connectivity index (χ4v) is 10.2. The second kappa shape index (κ2) is 37.0. The summed E-state index contributed by atoms with van der Waals surface area (Å²) in [5, 5.41) is 25.4. The fourth-order valence-electron chi connectivity index (χ4n) is 10.2. The standard InChI is InChI=1S/C60H106O3/c1-9-17-25-33-41-49-53(45-37-29-21-13-5)59(54(46-38-30-22-14-6)50(57(49)61)42-34-26-18-10-2)63-60-55(47-39-31-23-15-7)51(43-35-27-19-11-3)58(62)52(44-36-28-20-12-4)56(60)48-40-32-24-16-8/h61-62H,9-48H2,1-8H3. The van der Waals surface area contributed by atoms with Gasteiger partial charge in [-0.25, -0.2) is 0 Å². The molecule has 0 amide bonds. The monoisotopic (exact) mass is 875 g/mol. The number of phenols is 2. The lowest BCUT2D eigenvalue weighted by Gasteiger charge is -2.29. The van der Waals surface area contributed by atoms with Crippen LogP contribution in [0.4, 0.5) is 0 Å². The van der Waals surface area contributed by atoms with Crippen LogP contribution in [0.2, 0.25) is 0 Å². The van der Waals surface area contributed by atoms with Gasteiger partial charge in [0, 0.05) is 44.5 Å². The van der Waals surface area contributed by atoms with Crippen LogP contribution in [0.1, 0.15) is 305 Å². The van der Waals surface area contributed by atoms with Crippen LogP contribution in [0.15, 0.2) is 0 Å². The Bertz CT molecular complexity index is 1230. The second-order valence-electron chi connectivity index (χ2n) is 19.8. The molecule has 2 aromatic rings. The first-order valence-corrected chi connectivity index (χ1v) is 28.3. The van der Waals surface area contributed by atoms with Crippen LogP contribution >= 0.6 is 0 Å². The Morgan fingerprint density at radius 1 is 0.222 bits per heavy atom. The van der Waals surface area contributed by atoms with E-state index in [9.17, 15) is 10.2 Å². The quantitative estimate of drug-likeness (QED) is 0.0654. The predicted octanol–water partition coefficient (Wildman–Crippen LogP) is 19.9. The number of ether oxygens (including phenoxy) is 1. The molecule has 0 atom stereocenters. The molecule has 0 spiro atoms. The highest BCUT2D eigenvalue weighted by atomic mass is 16.5. The molecule has 0 heterocycles. The largest absolute Gasteiger partial charge is 0.507 e. The molecule has 2 N–H and O–H groups in total. The van der Waals surface area contributed by atoms with Gasteiger partial charge in [-0.15, -0.1) is 0 Å². The zero-order chi connectivity index (χ0) is 45.9. The molecule has 0 radical (unpaired) electrons. The van der Waals surface area contributed by atoms with Crippen LogP contribution in [0.25, 0.3) is 0 Å². The van der Waals surface area contributed by atoms with E-state index in [0.717, 1.165) is 114 Å². The first-order chi connectivity index (χ1) is 30.9. The van der Waals surface area contributed by atoms with Crippen molar-refractivity contribution in [1.82, 2.24) is 0 Å². The first-order valence-electron chi connectivity index (χ1n) is 28.3. The van der Waals surface area contributed by atoms with Gasteiger partial charge in [0.2, 0.25) is 0 Å². The lowest BCUT2D eigenvalue weighted by Crippen LogP contribution is -2.12. The van der Waals surface area contributed by atoms with Gasteiger partial charge in [0.05, 0.1) is 0 Å². The van der Waals surface area contributed by atoms with E-state index in [1.165, 1.54) is 199 Å². The third kappa shape index (κ3) is 20.9. The van der Waals surface area contributed by atoms with Gasteiger partial charge in [-0.3, -0.25) is 0 Å². The SMILES string of the molecule is CCCCCCc1c(O)c(CCCCCC)c(CCCCCC)c(Oc2c(CCCCCC)c(CCCCCC)c(O)c(CCCCCC)c2CCCCCC)c1CCCCCC. The van der Waals surface area contributed by atoms with Crippen LogP contribution in [0.5, 0.6) is 23.0 Å². The summed E-state index contributed by atoms with van der Waals surface area (Å²) in [6, 6.07) is 0. The van der Waals surface area contributed by atoms with E-state index in [4.69, 9.17) is 4.74 Å². The number of phenolic OH excluding ortho intramolecular Hbond substituents is 2. The number of rotatable bonds is 42. The molecule has 0 aliphatic rings. The van der Waals surface area contributed by atoms with Crippen LogP contribution in [0, 0.1) is 0 Å². The third-order valence-corrected chi connectivity index (χ3v) is 14.1. The molecule has 0 saturated carbocycles. The highest BCUT2D eigenvalue weighted by Crippen LogP contribution is 2.48. The molecular formula is C60H106O3. The number of aromatic hydroxyl groups is 2. The van der Waals surface area contributed by atoms with Crippen molar-refractivity contribution in [2.45, 2.75) is 312 Å². The highest BCUT2D eigenvalue weighted by molar-refractivity contribution is 5.64. The summed E-state index contributed by atoms with van der Waals surface area (Å²) >= 11 is 0. The van der Waals surface area contributed by atoms with E-state index in [1.807, 2.05) is 0 Å². The molecule has 0 unspecified atom stereocenters. The van der Waals surface area contributed by atoms with Crippen molar-refractivity contribution in [3.63, 3.8) is 0 Å². The summed E-state index contributed by atoms with van der Waals surface area (Å²) in [5.41, 5.74) is 10.1. The Labute approximate surface area is 393 Å². The van der Waals surface area contributed by atoms with E-state index < -0.39 is 0 Å². The minimum atomic E-state index is 0.616. The van der Waals surface area contributed by atoms with Crippen molar-refractivity contribution in [1.29, 1.82) is 0 Å². The molecule has 0 aliphatic carbocycles. The van der Waals surface area contributed by atoms with Gasteiger partial charge in [0.1, 0.15) is 23.0 Å². The molecular weight excluding hydrogens is 769 g/mol. The summed E-state index contributed by atoms with van der Waals surface area (Å²) in [6.45, 7) is 18.5. The van der Waals surface area contributed by atoms with Crippen LogP contribution < -0.4 is 4.74 Å². The third-order valence-electron chi connectivity index (χ3n) is 14.1. The van der Waals surface area contributed by atoms with Crippen molar-refractivity contribution >= 4 is 0 Å². The molecule has 3 nitrogen and oxygen atoms in total. The van der Waals surface area contributed by atoms with Crippen molar-refractivity contribution in [2.24, 2.45) is 0 Å². The van der Waals surface area contributed by atoms with Gasteiger partial charge in [-0.05, 0) is 103 Å². The molecule has 0 aromatic heterocycles. The van der Waals surface area contributed by atoms with Crippen molar-refractivity contribution in [2.75, 3.05) is 0 Å². The van der Waals surface area contributed by atoms with E-state index in [1.54, 1.807) is 0 Å². The Balaban J connectivity index is 3.22. The molecule has 63 heavy (non-hydrogen) atoms. The zero-order valence-electron chi connectivity index (χ0n) is 43.6. The molecule has 2 aromatic carbocycles.